The van der Waals surface area contributed by atoms with Gasteiger partial charge in [-0.15, -0.1) is 11.5 Å². The van der Waals surface area contributed by atoms with Crippen LogP contribution in [0.15, 0.2) is 24.3 Å². The van der Waals surface area contributed by atoms with Gasteiger partial charge in [-0.05, 0) is 18.6 Å². The van der Waals surface area contributed by atoms with E-state index in [1.807, 2.05) is 0 Å². The zero-order chi connectivity index (χ0) is 14.8. The molecule has 0 fully saturated rings. The number of benzene rings is 1. The number of unbranched alkanes of at least 4 members (excludes halogenated alkanes) is 1. The lowest BCUT2D eigenvalue weighted by molar-refractivity contribution is 0.0653. The molecule has 0 unspecified atom stereocenters. The molecule has 0 bridgehead atoms. The van der Waals surface area contributed by atoms with Crippen molar-refractivity contribution in [1.29, 1.82) is 0 Å². The Labute approximate surface area is 121 Å². The molecule has 0 aliphatic carbocycles. The van der Waals surface area contributed by atoms with Crippen LogP contribution in [0.3, 0.4) is 0 Å². The SMILES string of the molecule is C[Si](C)(C)C#CCCCN1C(=O)c2ccccc2C1=O. The Morgan fingerprint density at radius 3 is 2.10 bits per heavy atom. The van der Waals surface area contributed by atoms with E-state index in [4.69, 9.17) is 0 Å². The highest BCUT2D eigenvalue weighted by Crippen LogP contribution is 2.22. The number of amides is 2. The molecule has 20 heavy (non-hydrogen) atoms. The first-order chi connectivity index (χ1) is 9.40. The van der Waals surface area contributed by atoms with Crippen LogP contribution in [-0.2, 0) is 0 Å². The Kier molecular flexibility index (Phi) is 4.10. The van der Waals surface area contributed by atoms with E-state index in [1.54, 1.807) is 24.3 Å². The topological polar surface area (TPSA) is 37.4 Å². The van der Waals surface area contributed by atoms with Crippen molar-refractivity contribution in [2.45, 2.75) is 32.5 Å². The zero-order valence-electron chi connectivity index (χ0n) is 12.2. The second-order valence-corrected chi connectivity index (χ2v) is 10.7. The molecular weight excluding hydrogens is 266 g/mol. The van der Waals surface area contributed by atoms with Crippen LogP contribution in [0.2, 0.25) is 19.6 Å². The number of hydrogen-bond donors (Lipinski definition) is 0. The Hall–Kier alpha value is -1.86. The fraction of sp³-hybridized carbons (Fsp3) is 0.375. The minimum absolute atomic E-state index is 0.177. The van der Waals surface area contributed by atoms with E-state index in [0.717, 1.165) is 12.8 Å². The van der Waals surface area contributed by atoms with E-state index in [1.165, 1.54) is 4.90 Å². The molecule has 0 spiro atoms. The van der Waals surface area contributed by atoms with Crippen molar-refractivity contribution >= 4 is 19.9 Å². The maximum atomic E-state index is 12.1. The van der Waals surface area contributed by atoms with Gasteiger partial charge in [-0.25, -0.2) is 0 Å². The Morgan fingerprint density at radius 1 is 1.05 bits per heavy atom. The molecule has 0 aromatic heterocycles. The van der Waals surface area contributed by atoms with E-state index in [0.29, 0.717) is 17.7 Å². The lowest BCUT2D eigenvalue weighted by atomic mass is 10.1. The summed E-state index contributed by atoms with van der Waals surface area (Å²) in [6.07, 6.45) is 1.47. The molecule has 0 saturated heterocycles. The van der Waals surface area contributed by atoms with Crippen molar-refractivity contribution in [2.24, 2.45) is 0 Å². The van der Waals surface area contributed by atoms with Gasteiger partial charge in [0.1, 0.15) is 8.07 Å². The summed E-state index contributed by atoms with van der Waals surface area (Å²) >= 11 is 0. The van der Waals surface area contributed by atoms with Crippen molar-refractivity contribution in [3.8, 4) is 11.5 Å². The summed E-state index contributed by atoms with van der Waals surface area (Å²) in [6.45, 7) is 7.05. The average molecular weight is 285 g/mol. The minimum atomic E-state index is -1.33. The Bertz CT molecular complexity index is 570. The van der Waals surface area contributed by atoms with Crippen LogP contribution >= 0.6 is 0 Å². The fourth-order valence-electron chi connectivity index (χ4n) is 2.10. The van der Waals surface area contributed by atoms with E-state index in [9.17, 15) is 9.59 Å². The predicted molar refractivity (Wildman–Crippen MR) is 82.2 cm³/mol. The maximum Gasteiger partial charge on any atom is 0.261 e. The molecule has 104 valence electrons. The number of fused-ring (bicyclic) bond motifs is 1. The standard InChI is InChI=1S/C16H19NO2Si/c1-20(2,3)12-8-4-7-11-17-15(18)13-9-5-6-10-14(13)16(17)19/h5-6,9-10H,4,7,11H2,1-3H3. The summed E-state index contributed by atoms with van der Waals surface area (Å²) < 4.78 is 0. The van der Waals surface area contributed by atoms with Gasteiger partial charge in [-0.2, -0.15) is 0 Å². The lowest BCUT2D eigenvalue weighted by Gasteiger charge is -2.12. The molecule has 0 radical (unpaired) electrons. The Balaban J connectivity index is 1.94. The number of hydrogen-bond acceptors (Lipinski definition) is 2. The molecule has 1 aromatic carbocycles. The molecule has 4 heteroatoms. The molecule has 1 aliphatic rings. The van der Waals surface area contributed by atoms with Crippen molar-refractivity contribution in [3.63, 3.8) is 0 Å². The zero-order valence-corrected chi connectivity index (χ0v) is 13.2. The molecule has 0 N–H and O–H groups in total. The van der Waals surface area contributed by atoms with Gasteiger partial charge in [0.05, 0.1) is 11.1 Å². The summed E-state index contributed by atoms with van der Waals surface area (Å²) in [7, 11) is -1.33. The lowest BCUT2D eigenvalue weighted by Crippen LogP contribution is -2.30. The largest absolute Gasteiger partial charge is 0.274 e. The number of carbonyl (C=O) groups excluding carboxylic acids is 2. The van der Waals surface area contributed by atoms with E-state index >= 15 is 0 Å². The van der Waals surface area contributed by atoms with Gasteiger partial charge >= 0.3 is 0 Å². The van der Waals surface area contributed by atoms with Crippen LogP contribution in [0.25, 0.3) is 0 Å². The van der Waals surface area contributed by atoms with Crippen molar-refractivity contribution in [2.75, 3.05) is 6.54 Å². The molecular formula is C16H19NO2Si. The highest BCUT2D eigenvalue weighted by Gasteiger charge is 2.34. The first kappa shape index (κ1) is 14.5. The number of nitrogens with zero attached hydrogens (tertiary/aromatic N) is 1. The van der Waals surface area contributed by atoms with Crippen molar-refractivity contribution in [1.82, 2.24) is 4.90 Å². The number of rotatable bonds is 3. The fourth-order valence-corrected chi connectivity index (χ4v) is 2.75. The molecule has 1 heterocycles. The highest BCUT2D eigenvalue weighted by atomic mass is 28.3. The van der Waals surface area contributed by atoms with Gasteiger partial charge in [0, 0.05) is 13.0 Å². The van der Waals surface area contributed by atoms with E-state index < -0.39 is 8.07 Å². The van der Waals surface area contributed by atoms with Gasteiger partial charge in [-0.3, -0.25) is 14.5 Å². The second kappa shape index (κ2) is 5.64. The second-order valence-electron chi connectivity index (χ2n) is 5.96. The molecule has 0 atom stereocenters. The van der Waals surface area contributed by atoms with Gasteiger partial charge in [0.25, 0.3) is 11.8 Å². The highest BCUT2D eigenvalue weighted by molar-refractivity contribution is 6.83. The quantitative estimate of drug-likeness (QED) is 0.370. The third-order valence-electron chi connectivity index (χ3n) is 3.03. The van der Waals surface area contributed by atoms with Crippen LogP contribution in [0.1, 0.15) is 33.6 Å². The third-order valence-corrected chi connectivity index (χ3v) is 3.95. The molecule has 0 saturated carbocycles. The summed E-state index contributed by atoms with van der Waals surface area (Å²) in [5, 5.41) is 0. The van der Waals surface area contributed by atoms with E-state index in [-0.39, 0.29) is 11.8 Å². The number of imide groups is 1. The van der Waals surface area contributed by atoms with Crippen molar-refractivity contribution in [3.05, 3.63) is 35.4 Å². The van der Waals surface area contributed by atoms with Crippen molar-refractivity contribution < 1.29 is 9.59 Å². The molecule has 1 aromatic rings. The van der Waals surface area contributed by atoms with Gasteiger partial charge < -0.3 is 0 Å². The smallest absolute Gasteiger partial charge is 0.261 e. The van der Waals surface area contributed by atoms with Crippen LogP contribution in [0.4, 0.5) is 0 Å². The average Bonchev–Trinajstić information content (AvgIpc) is 2.62. The van der Waals surface area contributed by atoms with E-state index in [2.05, 4.69) is 31.1 Å². The number of carbonyl (C=O) groups is 2. The summed E-state index contributed by atoms with van der Waals surface area (Å²) in [5.74, 6) is 2.81. The first-order valence-corrected chi connectivity index (χ1v) is 10.4. The first-order valence-electron chi connectivity index (χ1n) is 6.85. The van der Waals surface area contributed by atoms with Gasteiger partial charge in [0.15, 0.2) is 0 Å². The minimum Gasteiger partial charge on any atom is -0.274 e. The monoisotopic (exact) mass is 285 g/mol. The predicted octanol–water partition coefficient (Wildman–Crippen LogP) is 2.94. The Morgan fingerprint density at radius 2 is 1.60 bits per heavy atom. The van der Waals surface area contributed by atoms with Crippen LogP contribution in [0, 0.1) is 11.5 Å². The van der Waals surface area contributed by atoms with Gasteiger partial charge in [-0.1, -0.05) is 31.8 Å². The molecule has 3 nitrogen and oxygen atoms in total. The maximum absolute atomic E-state index is 12.1. The summed E-state index contributed by atoms with van der Waals surface area (Å²) in [4.78, 5) is 25.5. The normalized spacial score (nSPS) is 14.1. The molecule has 2 rings (SSSR count). The van der Waals surface area contributed by atoms with Gasteiger partial charge in [0.2, 0.25) is 0 Å². The summed E-state index contributed by atoms with van der Waals surface area (Å²) in [6, 6.07) is 6.99. The summed E-state index contributed by atoms with van der Waals surface area (Å²) in [5.41, 5.74) is 4.33. The van der Waals surface area contributed by atoms with Crippen LogP contribution in [-0.4, -0.2) is 31.3 Å². The third kappa shape index (κ3) is 3.17. The van der Waals surface area contributed by atoms with Crippen LogP contribution < -0.4 is 0 Å². The van der Waals surface area contributed by atoms with Crippen LogP contribution in [0.5, 0.6) is 0 Å². The molecule has 2 amide bonds. The molecule has 1 aliphatic heterocycles.